The SMILES string of the molecule is CCc1ncnc(Nc2ccc(N3CCOCC3)nc2C)c1F. The smallest absolute Gasteiger partial charge is 0.187 e. The first-order valence-corrected chi connectivity index (χ1v) is 7.75. The zero-order valence-corrected chi connectivity index (χ0v) is 13.3. The lowest BCUT2D eigenvalue weighted by atomic mass is 10.2. The summed E-state index contributed by atoms with van der Waals surface area (Å²) in [6, 6.07) is 3.83. The Kier molecular flexibility index (Phi) is 4.66. The number of aromatic nitrogens is 3. The molecule has 0 spiro atoms. The van der Waals surface area contributed by atoms with E-state index in [1.807, 2.05) is 26.0 Å². The molecule has 0 aromatic carbocycles. The number of anilines is 3. The van der Waals surface area contributed by atoms with Crippen LogP contribution in [0.3, 0.4) is 0 Å². The van der Waals surface area contributed by atoms with Gasteiger partial charge in [0, 0.05) is 13.1 Å². The molecule has 3 heterocycles. The van der Waals surface area contributed by atoms with Crippen molar-refractivity contribution in [3.8, 4) is 0 Å². The fourth-order valence-corrected chi connectivity index (χ4v) is 2.52. The molecule has 0 unspecified atom stereocenters. The number of morpholine rings is 1. The Hall–Kier alpha value is -2.28. The van der Waals surface area contributed by atoms with Crippen LogP contribution in [0, 0.1) is 12.7 Å². The quantitative estimate of drug-likeness (QED) is 0.934. The number of hydrogen-bond donors (Lipinski definition) is 1. The molecule has 2 aromatic heterocycles. The summed E-state index contributed by atoms with van der Waals surface area (Å²) in [6.45, 7) is 6.85. The maximum Gasteiger partial charge on any atom is 0.187 e. The number of rotatable bonds is 4. The topological polar surface area (TPSA) is 63.2 Å². The van der Waals surface area contributed by atoms with Crippen LogP contribution in [0.25, 0.3) is 0 Å². The largest absolute Gasteiger partial charge is 0.378 e. The third-order valence-electron chi connectivity index (χ3n) is 3.86. The van der Waals surface area contributed by atoms with Gasteiger partial charge in [-0.3, -0.25) is 0 Å². The van der Waals surface area contributed by atoms with Gasteiger partial charge in [0.05, 0.1) is 30.3 Å². The summed E-state index contributed by atoms with van der Waals surface area (Å²) in [5.41, 5.74) is 1.93. The van der Waals surface area contributed by atoms with Crippen molar-refractivity contribution in [1.82, 2.24) is 15.0 Å². The highest BCUT2D eigenvalue weighted by molar-refractivity contribution is 5.61. The van der Waals surface area contributed by atoms with E-state index in [0.29, 0.717) is 25.3 Å². The summed E-state index contributed by atoms with van der Waals surface area (Å²) in [7, 11) is 0. The molecule has 0 atom stereocenters. The van der Waals surface area contributed by atoms with Gasteiger partial charge in [-0.15, -0.1) is 0 Å². The molecule has 0 bridgehead atoms. The molecular weight excluding hydrogens is 297 g/mol. The van der Waals surface area contributed by atoms with Crippen LogP contribution in [0.5, 0.6) is 0 Å². The first kappa shape index (κ1) is 15.6. The van der Waals surface area contributed by atoms with E-state index in [2.05, 4.69) is 25.2 Å². The highest BCUT2D eigenvalue weighted by atomic mass is 19.1. The second-order valence-electron chi connectivity index (χ2n) is 5.36. The Balaban J connectivity index is 1.81. The lowest BCUT2D eigenvalue weighted by Crippen LogP contribution is -2.36. The molecule has 0 amide bonds. The lowest BCUT2D eigenvalue weighted by Gasteiger charge is -2.28. The number of hydrogen-bond acceptors (Lipinski definition) is 6. The number of halogens is 1. The Bertz CT molecular complexity index is 688. The fraction of sp³-hybridized carbons (Fsp3) is 0.438. The molecule has 122 valence electrons. The molecule has 1 aliphatic rings. The molecule has 2 aromatic rings. The second kappa shape index (κ2) is 6.87. The minimum atomic E-state index is -0.411. The van der Waals surface area contributed by atoms with Crippen LogP contribution in [-0.4, -0.2) is 41.3 Å². The first-order chi connectivity index (χ1) is 11.2. The van der Waals surface area contributed by atoms with Crippen molar-refractivity contribution >= 4 is 17.3 Å². The zero-order valence-electron chi connectivity index (χ0n) is 13.3. The van der Waals surface area contributed by atoms with Crippen molar-refractivity contribution in [1.29, 1.82) is 0 Å². The van der Waals surface area contributed by atoms with Crippen LogP contribution < -0.4 is 10.2 Å². The molecule has 1 saturated heterocycles. The van der Waals surface area contributed by atoms with Gasteiger partial charge in [-0.1, -0.05) is 6.92 Å². The van der Waals surface area contributed by atoms with E-state index in [1.54, 1.807) is 0 Å². The van der Waals surface area contributed by atoms with Crippen molar-refractivity contribution in [2.24, 2.45) is 0 Å². The lowest BCUT2D eigenvalue weighted by molar-refractivity contribution is 0.122. The van der Waals surface area contributed by atoms with Crippen molar-refractivity contribution < 1.29 is 9.13 Å². The Morgan fingerprint density at radius 3 is 2.74 bits per heavy atom. The maximum atomic E-state index is 14.2. The predicted molar refractivity (Wildman–Crippen MR) is 86.7 cm³/mol. The van der Waals surface area contributed by atoms with Gasteiger partial charge in [0.1, 0.15) is 12.1 Å². The number of pyridine rings is 1. The summed E-state index contributed by atoms with van der Waals surface area (Å²) < 4.78 is 19.6. The van der Waals surface area contributed by atoms with E-state index in [1.165, 1.54) is 6.33 Å². The zero-order chi connectivity index (χ0) is 16.2. The monoisotopic (exact) mass is 317 g/mol. The number of aryl methyl sites for hydroxylation is 2. The van der Waals surface area contributed by atoms with Crippen LogP contribution in [0.2, 0.25) is 0 Å². The highest BCUT2D eigenvalue weighted by Gasteiger charge is 2.15. The summed E-state index contributed by atoms with van der Waals surface area (Å²) in [5, 5.41) is 3.01. The molecule has 6 nitrogen and oxygen atoms in total. The normalized spacial score (nSPS) is 14.8. The van der Waals surface area contributed by atoms with Gasteiger partial charge >= 0.3 is 0 Å². The first-order valence-electron chi connectivity index (χ1n) is 7.75. The van der Waals surface area contributed by atoms with E-state index >= 15 is 0 Å². The van der Waals surface area contributed by atoms with Crippen LogP contribution in [0.15, 0.2) is 18.5 Å². The molecule has 3 rings (SSSR count). The van der Waals surface area contributed by atoms with Crippen molar-refractivity contribution in [2.75, 3.05) is 36.5 Å². The molecular formula is C16H20FN5O. The van der Waals surface area contributed by atoms with Crippen LogP contribution in [0.4, 0.5) is 21.7 Å². The second-order valence-corrected chi connectivity index (χ2v) is 5.36. The Labute approximate surface area is 134 Å². The van der Waals surface area contributed by atoms with Crippen LogP contribution >= 0.6 is 0 Å². The summed E-state index contributed by atoms with van der Waals surface area (Å²) in [5.74, 6) is 0.682. The standard InChI is InChI=1S/C16H20FN5O/c1-3-12-15(17)16(19-10-18-12)21-13-4-5-14(20-11(13)2)22-6-8-23-9-7-22/h4-5,10H,3,6-9H2,1-2H3,(H,18,19,21). The fourth-order valence-electron chi connectivity index (χ4n) is 2.52. The molecule has 23 heavy (non-hydrogen) atoms. The number of ether oxygens (including phenoxy) is 1. The summed E-state index contributed by atoms with van der Waals surface area (Å²) in [6.07, 6.45) is 1.89. The Morgan fingerprint density at radius 2 is 2.04 bits per heavy atom. The summed E-state index contributed by atoms with van der Waals surface area (Å²) >= 11 is 0. The predicted octanol–water partition coefficient (Wildman–Crippen LogP) is 2.46. The van der Waals surface area contributed by atoms with Gasteiger partial charge in [0.25, 0.3) is 0 Å². The van der Waals surface area contributed by atoms with Gasteiger partial charge in [-0.2, -0.15) is 0 Å². The molecule has 0 saturated carbocycles. The van der Waals surface area contributed by atoms with Gasteiger partial charge in [0.15, 0.2) is 11.6 Å². The van der Waals surface area contributed by atoms with Crippen LogP contribution in [0.1, 0.15) is 18.3 Å². The minimum Gasteiger partial charge on any atom is -0.378 e. The number of nitrogens with zero attached hydrogens (tertiary/aromatic N) is 4. The van der Waals surface area contributed by atoms with Gasteiger partial charge in [0.2, 0.25) is 0 Å². The van der Waals surface area contributed by atoms with E-state index in [4.69, 9.17) is 4.74 Å². The van der Waals surface area contributed by atoms with Crippen LogP contribution in [-0.2, 0) is 11.2 Å². The maximum absolute atomic E-state index is 14.2. The molecule has 1 aliphatic heterocycles. The van der Waals surface area contributed by atoms with Crippen molar-refractivity contribution in [3.05, 3.63) is 35.7 Å². The molecule has 0 radical (unpaired) electrons. The third-order valence-corrected chi connectivity index (χ3v) is 3.86. The highest BCUT2D eigenvalue weighted by Crippen LogP contribution is 2.24. The van der Waals surface area contributed by atoms with Gasteiger partial charge in [-0.25, -0.2) is 19.3 Å². The van der Waals surface area contributed by atoms with E-state index in [0.717, 1.165) is 30.3 Å². The van der Waals surface area contributed by atoms with Crippen molar-refractivity contribution in [3.63, 3.8) is 0 Å². The summed E-state index contributed by atoms with van der Waals surface area (Å²) in [4.78, 5) is 14.7. The van der Waals surface area contributed by atoms with E-state index in [-0.39, 0.29) is 5.82 Å². The molecule has 7 heteroatoms. The van der Waals surface area contributed by atoms with E-state index in [9.17, 15) is 4.39 Å². The van der Waals surface area contributed by atoms with Gasteiger partial charge in [-0.05, 0) is 25.5 Å². The minimum absolute atomic E-state index is 0.181. The van der Waals surface area contributed by atoms with Gasteiger partial charge < -0.3 is 15.0 Å². The average Bonchev–Trinajstić information content (AvgIpc) is 2.59. The molecule has 1 N–H and O–H groups in total. The van der Waals surface area contributed by atoms with Crippen molar-refractivity contribution in [2.45, 2.75) is 20.3 Å². The van der Waals surface area contributed by atoms with E-state index < -0.39 is 5.82 Å². The number of nitrogens with one attached hydrogen (secondary N) is 1. The third kappa shape index (κ3) is 3.39. The average molecular weight is 317 g/mol. The molecule has 0 aliphatic carbocycles. The molecule has 1 fully saturated rings. The Morgan fingerprint density at radius 1 is 1.26 bits per heavy atom.